The molecule has 1 amide bonds. The molecular weight excluding hydrogens is 260 g/mol. The normalized spacial score (nSPS) is 23.4. The summed E-state index contributed by atoms with van der Waals surface area (Å²) in [7, 11) is 2.11. The highest BCUT2D eigenvalue weighted by molar-refractivity contribution is 5.77. The van der Waals surface area contributed by atoms with Gasteiger partial charge in [-0.2, -0.15) is 0 Å². The van der Waals surface area contributed by atoms with Crippen LogP contribution in [0.5, 0.6) is 0 Å². The Bertz CT molecular complexity index is 597. The summed E-state index contributed by atoms with van der Waals surface area (Å²) in [5, 5.41) is 3.04. The van der Waals surface area contributed by atoms with Crippen molar-refractivity contribution in [2.24, 2.45) is 0 Å². The van der Waals surface area contributed by atoms with Crippen LogP contribution in [0.15, 0.2) is 60.7 Å². The van der Waals surface area contributed by atoms with Gasteiger partial charge in [0.05, 0.1) is 6.04 Å². The lowest BCUT2D eigenvalue weighted by Gasteiger charge is -2.32. The molecule has 3 nitrogen and oxygen atoms in total. The highest BCUT2D eigenvalue weighted by Crippen LogP contribution is 2.32. The zero-order chi connectivity index (χ0) is 14.7. The lowest BCUT2D eigenvalue weighted by Crippen LogP contribution is -2.31. The van der Waals surface area contributed by atoms with E-state index in [0.717, 1.165) is 0 Å². The van der Waals surface area contributed by atoms with E-state index < -0.39 is 0 Å². The summed E-state index contributed by atoms with van der Waals surface area (Å²) in [5.41, 5.74) is 2.43. The summed E-state index contributed by atoms with van der Waals surface area (Å²) >= 11 is 0. The van der Waals surface area contributed by atoms with Crippen molar-refractivity contribution >= 4 is 5.91 Å². The Kier molecular flexibility index (Phi) is 4.02. The zero-order valence-electron chi connectivity index (χ0n) is 12.2. The van der Waals surface area contributed by atoms with Crippen molar-refractivity contribution in [3.8, 4) is 0 Å². The van der Waals surface area contributed by atoms with E-state index in [4.69, 9.17) is 0 Å². The molecular formula is C18H20N2O. The average Bonchev–Trinajstić information content (AvgIpc) is 2.68. The number of likely N-dealkylation sites (N-methyl/N-ethyl adjacent to an activating group) is 1. The first-order valence-corrected chi connectivity index (χ1v) is 7.34. The van der Waals surface area contributed by atoms with Gasteiger partial charge in [-0.3, -0.25) is 9.69 Å². The standard InChI is InChI=1S/C18H20N2O/c1-20-16(14-8-4-2-5-9-14)12-18(21)19-13-17(20)15-10-6-3-7-11-15/h2-11,16-17H,12-13H2,1H3,(H,19,21). The van der Waals surface area contributed by atoms with Crippen LogP contribution in [0.4, 0.5) is 0 Å². The number of nitrogens with zero attached hydrogens (tertiary/aromatic N) is 1. The Balaban J connectivity index is 1.94. The van der Waals surface area contributed by atoms with Gasteiger partial charge in [-0.1, -0.05) is 60.7 Å². The quantitative estimate of drug-likeness (QED) is 0.917. The lowest BCUT2D eigenvalue weighted by atomic mass is 9.99. The Hall–Kier alpha value is -2.13. The molecule has 21 heavy (non-hydrogen) atoms. The minimum atomic E-state index is 0.110. The zero-order valence-corrected chi connectivity index (χ0v) is 12.2. The third-order valence-electron chi connectivity index (χ3n) is 4.22. The van der Waals surface area contributed by atoms with E-state index in [1.54, 1.807) is 0 Å². The second-order valence-corrected chi connectivity index (χ2v) is 5.53. The first kappa shape index (κ1) is 13.8. The van der Waals surface area contributed by atoms with E-state index in [0.29, 0.717) is 13.0 Å². The molecule has 0 bridgehead atoms. The molecule has 2 atom stereocenters. The van der Waals surface area contributed by atoms with E-state index in [9.17, 15) is 4.79 Å². The van der Waals surface area contributed by atoms with Gasteiger partial charge in [0.15, 0.2) is 0 Å². The molecule has 1 aliphatic rings. The number of carbonyl (C=O) groups excluding carboxylic acids is 1. The van der Waals surface area contributed by atoms with Gasteiger partial charge in [-0.25, -0.2) is 0 Å². The SMILES string of the molecule is CN1C(c2ccccc2)CNC(=O)CC1c1ccccc1. The van der Waals surface area contributed by atoms with Crippen LogP contribution in [0.2, 0.25) is 0 Å². The molecule has 3 rings (SSSR count). The van der Waals surface area contributed by atoms with E-state index >= 15 is 0 Å². The van der Waals surface area contributed by atoms with Gasteiger partial charge in [0.1, 0.15) is 0 Å². The highest BCUT2D eigenvalue weighted by atomic mass is 16.1. The minimum absolute atomic E-state index is 0.110. The van der Waals surface area contributed by atoms with Crippen molar-refractivity contribution in [3.05, 3.63) is 71.8 Å². The summed E-state index contributed by atoms with van der Waals surface area (Å²) < 4.78 is 0. The maximum absolute atomic E-state index is 12.1. The molecule has 108 valence electrons. The fraction of sp³-hybridized carbons (Fsp3) is 0.278. The van der Waals surface area contributed by atoms with E-state index in [2.05, 4.69) is 41.5 Å². The molecule has 2 aromatic rings. The monoisotopic (exact) mass is 280 g/mol. The number of rotatable bonds is 2. The molecule has 0 aromatic heterocycles. The Morgan fingerprint density at radius 1 is 0.905 bits per heavy atom. The summed E-state index contributed by atoms with van der Waals surface area (Å²) in [6.07, 6.45) is 0.504. The van der Waals surface area contributed by atoms with Crippen molar-refractivity contribution < 1.29 is 4.79 Å². The molecule has 1 N–H and O–H groups in total. The van der Waals surface area contributed by atoms with Gasteiger partial charge in [-0.15, -0.1) is 0 Å². The van der Waals surface area contributed by atoms with Gasteiger partial charge in [0, 0.05) is 19.0 Å². The first-order valence-electron chi connectivity index (χ1n) is 7.34. The van der Waals surface area contributed by atoms with Gasteiger partial charge in [-0.05, 0) is 18.2 Å². The van der Waals surface area contributed by atoms with Gasteiger partial charge < -0.3 is 5.32 Å². The molecule has 2 aromatic carbocycles. The Morgan fingerprint density at radius 3 is 2.00 bits per heavy atom. The van der Waals surface area contributed by atoms with Crippen LogP contribution < -0.4 is 5.32 Å². The summed E-state index contributed by atoms with van der Waals surface area (Å²) in [5.74, 6) is 0.120. The van der Waals surface area contributed by atoms with Crippen LogP contribution in [0.25, 0.3) is 0 Å². The molecule has 1 heterocycles. The molecule has 1 aliphatic heterocycles. The number of amides is 1. The molecule has 1 fully saturated rings. The molecule has 0 aliphatic carbocycles. The van der Waals surface area contributed by atoms with Crippen LogP contribution in [0, 0.1) is 0 Å². The first-order chi connectivity index (χ1) is 10.3. The van der Waals surface area contributed by atoms with Crippen molar-refractivity contribution in [2.45, 2.75) is 18.5 Å². The Morgan fingerprint density at radius 2 is 1.43 bits per heavy atom. The topological polar surface area (TPSA) is 32.3 Å². The molecule has 0 saturated carbocycles. The van der Waals surface area contributed by atoms with E-state index in [1.165, 1.54) is 11.1 Å². The second-order valence-electron chi connectivity index (χ2n) is 5.53. The number of hydrogen-bond donors (Lipinski definition) is 1. The predicted octanol–water partition coefficient (Wildman–Crippen LogP) is 2.92. The summed E-state index contributed by atoms with van der Waals surface area (Å²) in [4.78, 5) is 14.4. The number of carbonyl (C=O) groups is 1. The summed E-state index contributed by atoms with van der Waals surface area (Å²) in [6.45, 7) is 0.655. The van der Waals surface area contributed by atoms with Gasteiger partial charge >= 0.3 is 0 Å². The van der Waals surface area contributed by atoms with Crippen LogP contribution in [-0.4, -0.2) is 24.4 Å². The van der Waals surface area contributed by atoms with Crippen molar-refractivity contribution in [2.75, 3.05) is 13.6 Å². The maximum atomic E-state index is 12.1. The van der Waals surface area contributed by atoms with Crippen LogP contribution in [0.3, 0.4) is 0 Å². The van der Waals surface area contributed by atoms with Crippen molar-refractivity contribution in [3.63, 3.8) is 0 Å². The van der Waals surface area contributed by atoms with Crippen molar-refractivity contribution in [1.29, 1.82) is 0 Å². The number of hydrogen-bond acceptors (Lipinski definition) is 2. The molecule has 2 unspecified atom stereocenters. The second kappa shape index (κ2) is 6.10. The molecule has 0 radical (unpaired) electrons. The molecule has 0 spiro atoms. The average molecular weight is 280 g/mol. The van der Waals surface area contributed by atoms with E-state index in [-0.39, 0.29) is 18.0 Å². The van der Waals surface area contributed by atoms with Crippen LogP contribution >= 0.6 is 0 Å². The highest BCUT2D eigenvalue weighted by Gasteiger charge is 2.30. The van der Waals surface area contributed by atoms with Gasteiger partial charge in [0.2, 0.25) is 5.91 Å². The largest absolute Gasteiger partial charge is 0.354 e. The van der Waals surface area contributed by atoms with Gasteiger partial charge in [0.25, 0.3) is 0 Å². The fourth-order valence-corrected chi connectivity index (χ4v) is 3.02. The minimum Gasteiger partial charge on any atom is -0.354 e. The van der Waals surface area contributed by atoms with Crippen LogP contribution in [-0.2, 0) is 4.79 Å². The molecule has 1 saturated heterocycles. The predicted molar refractivity (Wildman–Crippen MR) is 83.8 cm³/mol. The number of nitrogens with one attached hydrogen (secondary N) is 1. The van der Waals surface area contributed by atoms with Crippen molar-refractivity contribution in [1.82, 2.24) is 10.2 Å². The Labute approximate surface area is 125 Å². The fourth-order valence-electron chi connectivity index (χ4n) is 3.02. The summed E-state index contributed by atoms with van der Waals surface area (Å²) in [6, 6.07) is 20.9. The lowest BCUT2D eigenvalue weighted by molar-refractivity contribution is -0.121. The molecule has 3 heteroatoms. The third-order valence-corrected chi connectivity index (χ3v) is 4.22. The third kappa shape index (κ3) is 2.98. The number of benzene rings is 2. The maximum Gasteiger partial charge on any atom is 0.221 e. The van der Waals surface area contributed by atoms with Crippen LogP contribution in [0.1, 0.15) is 29.6 Å². The van der Waals surface area contributed by atoms with E-state index in [1.807, 2.05) is 36.4 Å². The smallest absolute Gasteiger partial charge is 0.221 e.